The van der Waals surface area contributed by atoms with Crippen molar-refractivity contribution >= 4 is 0 Å². The van der Waals surface area contributed by atoms with Crippen LogP contribution in [0, 0.1) is 0 Å². The molecule has 0 fully saturated rings. The first-order valence-electron chi connectivity index (χ1n) is 7.36. The molecular formula is C14H32N+. The van der Waals surface area contributed by atoms with Crippen LogP contribution >= 0.6 is 0 Å². The molecule has 1 heteroatoms. The van der Waals surface area contributed by atoms with Gasteiger partial charge in [0.15, 0.2) is 0 Å². The second-order valence-corrected chi connectivity index (χ2v) is 4.99. The van der Waals surface area contributed by atoms with Crippen molar-refractivity contribution in [2.24, 2.45) is 0 Å². The number of rotatable bonds is 11. The van der Waals surface area contributed by atoms with Crippen LogP contribution in [-0.2, 0) is 0 Å². The summed E-state index contributed by atoms with van der Waals surface area (Å²) in [6.45, 7) is 3.27. The molecule has 0 amide bonds. The van der Waals surface area contributed by atoms with E-state index in [-0.39, 0.29) is 0 Å². The Bertz CT molecular complexity index is 140. The normalized spacial score (nSPS) is 12.9. The van der Waals surface area contributed by atoms with Gasteiger partial charge in [-0.1, -0.05) is 58.3 Å². The van der Waals surface area contributed by atoms with Gasteiger partial charge in [0.2, 0.25) is 0 Å². The van der Waals surface area contributed by atoms with Crippen molar-refractivity contribution in [3.63, 3.8) is 0 Å². The van der Waals surface area contributed by atoms with Gasteiger partial charge in [-0.2, -0.15) is 0 Å². The van der Waals surface area contributed by atoms with Crippen LogP contribution in [0.1, 0.15) is 71.1 Å². The molecule has 0 unspecified atom stereocenters. The first-order chi connectivity index (χ1) is 7.56. The van der Waals surface area contributed by atoms with E-state index in [1.807, 2.05) is 14.1 Å². The van der Waals surface area contributed by atoms with Crippen LogP contribution in [0.2, 0.25) is 1.41 Å². The van der Waals surface area contributed by atoms with Crippen molar-refractivity contribution in [1.29, 1.82) is 0 Å². The first kappa shape index (κ1) is 13.0. The quantitative estimate of drug-likeness (QED) is 0.505. The predicted octanol–water partition coefficient (Wildman–Crippen LogP) is 3.05. The molecule has 1 nitrogen and oxygen atoms in total. The third-order valence-electron chi connectivity index (χ3n) is 2.96. The molecule has 15 heavy (non-hydrogen) atoms. The molecule has 0 aromatic rings. The van der Waals surface area contributed by atoms with Gasteiger partial charge < -0.3 is 4.89 Å². The second kappa shape index (κ2) is 12.0. The van der Waals surface area contributed by atoms with Gasteiger partial charge in [0.05, 0.1) is 20.6 Å². The summed E-state index contributed by atoms with van der Waals surface area (Å²) in [4.78, 5) is 0.372. The number of nitrogens with one attached hydrogen (secondary N) is 1. The third kappa shape index (κ3) is 14.0. The Balaban J connectivity index is 2.99. The largest absolute Gasteiger partial charge is 0.347 e. The topological polar surface area (TPSA) is 4.44 Å². The summed E-state index contributed by atoms with van der Waals surface area (Å²) >= 11 is 0. The van der Waals surface area contributed by atoms with Gasteiger partial charge in [0.1, 0.15) is 0 Å². The van der Waals surface area contributed by atoms with Crippen molar-refractivity contribution in [3.8, 4) is 0 Å². The lowest BCUT2D eigenvalue weighted by Crippen LogP contribution is -3.05. The van der Waals surface area contributed by atoms with E-state index in [9.17, 15) is 0 Å². The Morgan fingerprint density at radius 3 is 1.53 bits per heavy atom. The molecule has 0 heterocycles. The molecule has 1 N–H and O–H groups in total. The highest BCUT2D eigenvalue weighted by atomic mass is 15.0. The van der Waals surface area contributed by atoms with E-state index in [1.54, 1.807) is 0 Å². The van der Waals surface area contributed by atoms with Gasteiger partial charge in [-0.05, 0) is 12.8 Å². The molecule has 92 valence electrons. The number of hydrogen-bond donors (Lipinski definition) is 1. The standard InChI is InChI=1S/C14H31N/c1-4-5-6-7-8-9-10-11-12-13-14-15(2)3/h4-14H2,1-3H3/p+1/i/hD. The van der Waals surface area contributed by atoms with Crippen LogP contribution in [-0.4, -0.2) is 20.6 Å². The fraction of sp³-hybridized carbons (Fsp3) is 1.00. The van der Waals surface area contributed by atoms with Crippen molar-refractivity contribution < 1.29 is 6.30 Å². The minimum absolute atomic E-state index is 0.372. The molecule has 0 saturated carbocycles. The Morgan fingerprint density at radius 1 is 0.733 bits per heavy atom. The molecule has 0 aromatic heterocycles. The Labute approximate surface area is 98.7 Å². The molecule has 0 radical (unpaired) electrons. The molecule has 0 aliphatic carbocycles. The second-order valence-electron chi connectivity index (χ2n) is 4.99. The lowest BCUT2D eigenvalue weighted by Gasteiger charge is -2.06. The predicted molar refractivity (Wildman–Crippen MR) is 69.5 cm³/mol. The van der Waals surface area contributed by atoms with E-state index >= 15 is 0 Å². The molecule has 0 bridgehead atoms. The highest BCUT2D eigenvalue weighted by Crippen LogP contribution is 2.09. The highest BCUT2D eigenvalue weighted by molar-refractivity contribution is 4.46. The molecule has 0 aliphatic heterocycles. The summed E-state index contributed by atoms with van der Waals surface area (Å²) in [7, 11) is 3.90. The average molecular weight is 215 g/mol. The van der Waals surface area contributed by atoms with Gasteiger partial charge in [-0.25, -0.2) is 0 Å². The fourth-order valence-electron chi connectivity index (χ4n) is 1.92. The zero-order chi connectivity index (χ0) is 12.3. The van der Waals surface area contributed by atoms with Crippen LogP contribution in [0.5, 0.6) is 0 Å². The van der Waals surface area contributed by atoms with Crippen LogP contribution in [0.3, 0.4) is 0 Å². The Kier molecular flexibility index (Phi) is 10.4. The van der Waals surface area contributed by atoms with Gasteiger partial charge in [0, 0.05) is 0 Å². The van der Waals surface area contributed by atoms with Crippen molar-refractivity contribution in [2.75, 3.05) is 20.6 Å². The van der Waals surface area contributed by atoms with E-state index < -0.39 is 0 Å². The SMILES string of the molecule is [2H][N+](C)(C)CCCCCCCCCCCC. The van der Waals surface area contributed by atoms with Crippen LogP contribution in [0.25, 0.3) is 0 Å². The zero-order valence-electron chi connectivity index (χ0n) is 12.2. The van der Waals surface area contributed by atoms with E-state index in [0.717, 1.165) is 6.54 Å². The number of quaternary nitrogens is 1. The monoisotopic (exact) mass is 215 g/mol. The highest BCUT2D eigenvalue weighted by Gasteiger charge is 1.94. The van der Waals surface area contributed by atoms with Crippen LogP contribution in [0.4, 0.5) is 0 Å². The smallest absolute Gasteiger partial charge is 0.340 e. The van der Waals surface area contributed by atoms with E-state index in [1.165, 1.54) is 64.2 Å². The minimum Gasteiger partial charge on any atom is -0.340 e. The summed E-state index contributed by atoms with van der Waals surface area (Å²) in [6, 6.07) is 0. The molecule has 0 rings (SSSR count). The summed E-state index contributed by atoms with van der Waals surface area (Å²) in [5.41, 5.74) is 0. The summed E-state index contributed by atoms with van der Waals surface area (Å²) in [6.07, 6.45) is 13.8. The van der Waals surface area contributed by atoms with Crippen molar-refractivity contribution in [1.82, 2.24) is 0 Å². The fourth-order valence-corrected chi connectivity index (χ4v) is 1.92. The summed E-state index contributed by atoms with van der Waals surface area (Å²) < 4.78 is 7.68. The Hall–Kier alpha value is -0.0400. The molecule has 0 spiro atoms. The van der Waals surface area contributed by atoms with Crippen LogP contribution < -0.4 is 4.89 Å². The lowest BCUT2D eigenvalue weighted by atomic mass is 10.1. The summed E-state index contributed by atoms with van der Waals surface area (Å²) in [5.74, 6) is 0. The maximum Gasteiger partial charge on any atom is 0.347 e. The molecule has 0 aliphatic rings. The molecule has 0 atom stereocenters. The van der Waals surface area contributed by atoms with Crippen molar-refractivity contribution in [3.05, 3.63) is 0 Å². The average Bonchev–Trinajstić information content (AvgIpc) is 2.19. The Morgan fingerprint density at radius 2 is 1.13 bits per heavy atom. The number of hydrogen-bond acceptors (Lipinski definition) is 0. The lowest BCUT2D eigenvalue weighted by molar-refractivity contribution is -0.858. The van der Waals surface area contributed by atoms with E-state index in [0.29, 0.717) is 4.89 Å². The number of unbranched alkanes of at least 4 members (excludes halogenated alkanes) is 9. The minimum atomic E-state index is 0.372. The van der Waals surface area contributed by atoms with Crippen LogP contribution in [0.15, 0.2) is 0 Å². The molecule has 0 saturated heterocycles. The maximum atomic E-state index is 7.68. The summed E-state index contributed by atoms with van der Waals surface area (Å²) in [5, 5.41) is 0. The van der Waals surface area contributed by atoms with Gasteiger partial charge in [0.25, 0.3) is 0 Å². The molecular weight excluding hydrogens is 182 g/mol. The van der Waals surface area contributed by atoms with E-state index in [2.05, 4.69) is 6.92 Å². The zero-order valence-corrected chi connectivity index (χ0v) is 11.2. The van der Waals surface area contributed by atoms with Gasteiger partial charge in [-0.3, -0.25) is 0 Å². The first-order valence-corrected chi connectivity index (χ1v) is 6.92. The molecule has 0 aromatic carbocycles. The van der Waals surface area contributed by atoms with E-state index in [4.69, 9.17) is 1.41 Å². The third-order valence-corrected chi connectivity index (χ3v) is 2.96. The van der Waals surface area contributed by atoms with Gasteiger partial charge in [-0.15, -0.1) is 0 Å². The maximum absolute atomic E-state index is 7.68. The van der Waals surface area contributed by atoms with Crippen molar-refractivity contribution in [2.45, 2.75) is 71.1 Å². The van der Waals surface area contributed by atoms with Gasteiger partial charge >= 0.3 is 1.41 Å².